The van der Waals surface area contributed by atoms with Gasteiger partial charge in [-0.2, -0.15) is 18.3 Å². The molecule has 1 aromatic carbocycles. The van der Waals surface area contributed by atoms with Crippen molar-refractivity contribution in [2.75, 3.05) is 0 Å². The Kier molecular flexibility index (Phi) is 4.67. The molecule has 0 spiro atoms. The summed E-state index contributed by atoms with van der Waals surface area (Å²) in [6.07, 6.45) is -3.77. The highest BCUT2D eigenvalue weighted by Crippen LogP contribution is 2.24. The molecular weight excluding hydrogens is 349 g/mol. The first-order chi connectivity index (χ1) is 11.0. The number of carbonyl (C=O) groups excluding carboxylic acids is 1. The normalized spacial score (nSPS) is 12.3. The second-order valence-corrected chi connectivity index (χ2v) is 6.61. The summed E-state index contributed by atoms with van der Waals surface area (Å²) < 4.78 is 61.7. The first kappa shape index (κ1) is 17.9. The molecule has 0 bridgehead atoms. The monoisotopic (exact) mass is 362 g/mol. The van der Waals surface area contributed by atoms with Crippen molar-refractivity contribution in [1.82, 2.24) is 9.78 Å². The molecule has 11 heteroatoms. The van der Waals surface area contributed by atoms with Crippen LogP contribution in [-0.4, -0.2) is 30.3 Å². The molecule has 0 unspecified atom stereocenters. The number of halogens is 3. The van der Waals surface area contributed by atoms with Crippen LogP contribution >= 0.6 is 0 Å². The summed E-state index contributed by atoms with van der Waals surface area (Å²) in [7, 11) is -4.20. The van der Waals surface area contributed by atoms with Crippen molar-refractivity contribution in [2.24, 2.45) is 10.9 Å². The summed E-state index contributed by atoms with van der Waals surface area (Å²) in [6, 6.07) is 3.85. The standard InChI is InChI=1S/C13H13F3N4O3S/c14-13(15,16)5-9-6-19-20(7-9)10-2-1-8(4-12(17)21)3-11(10)24(18,22)23/h1-3,6-7H,4-5H2,(H2,17,21)(H2,18,22,23). The summed E-state index contributed by atoms with van der Waals surface area (Å²) in [5.74, 6) is -0.672. The number of aromatic nitrogens is 2. The summed E-state index contributed by atoms with van der Waals surface area (Å²) in [5.41, 5.74) is 5.19. The molecule has 0 saturated carbocycles. The summed E-state index contributed by atoms with van der Waals surface area (Å²) in [5, 5.41) is 8.88. The van der Waals surface area contributed by atoms with Gasteiger partial charge in [-0.05, 0) is 23.3 Å². The Morgan fingerprint density at radius 1 is 1.25 bits per heavy atom. The molecule has 0 fully saturated rings. The minimum Gasteiger partial charge on any atom is -0.369 e. The van der Waals surface area contributed by atoms with Gasteiger partial charge in [-0.3, -0.25) is 4.79 Å². The Labute approximate surface area is 135 Å². The molecule has 0 aliphatic heterocycles. The summed E-state index contributed by atoms with van der Waals surface area (Å²) >= 11 is 0. The van der Waals surface area contributed by atoms with Crippen molar-refractivity contribution in [3.05, 3.63) is 41.7 Å². The highest BCUT2D eigenvalue weighted by Gasteiger charge is 2.28. The number of benzene rings is 1. The topological polar surface area (TPSA) is 121 Å². The minimum absolute atomic E-state index is 0.0286. The number of hydrogen-bond acceptors (Lipinski definition) is 4. The Morgan fingerprint density at radius 2 is 1.92 bits per heavy atom. The van der Waals surface area contributed by atoms with E-state index in [0.29, 0.717) is 5.56 Å². The molecule has 24 heavy (non-hydrogen) atoms. The van der Waals surface area contributed by atoms with Crippen LogP contribution in [0.15, 0.2) is 35.5 Å². The molecule has 7 nitrogen and oxygen atoms in total. The molecule has 2 rings (SSSR count). The van der Waals surface area contributed by atoms with E-state index in [2.05, 4.69) is 5.10 Å². The third-order valence-electron chi connectivity index (χ3n) is 3.00. The van der Waals surface area contributed by atoms with Gasteiger partial charge in [0, 0.05) is 6.20 Å². The zero-order valence-electron chi connectivity index (χ0n) is 12.1. The summed E-state index contributed by atoms with van der Waals surface area (Å²) in [4.78, 5) is 10.6. The minimum atomic E-state index is -4.41. The van der Waals surface area contributed by atoms with Crippen LogP contribution in [0.3, 0.4) is 0 Å². The van der Waals surface area contributed by atoms with Crippen LogP contribution < -0.4 is 10.9 Å². The third kappa shape index (κ3) is 4.55. The van der Waals surface area contributed by atoms with Crippen LogP contribution in [0.1, 0.15) is 11.1 Å². The fraction of sp³-hybridized carbons (Fsp3) is 0.231. The van der Waals surface area contributed by atoms with E-state index in [1.54, 1.807) is 0 Å². The summed E-state index contributed by atoms with van der Waals surface area (Å²) in [6.45, 7) is 0. The number of alkyl halides is 3. The van der Waals surface area contributed by atoms with Gasteiger partial charge in [0.05, 0.1) is 24.7 Å². The first-order valence-electron chi connectivity index (χ1n) is 6.50. The fourth-order valence-corrected chi connectivity index (χ4v) is 2.87. The number of nitrogens with two attached hydrogens (primary N) is 2. The van der Waals surface area contributed by atoms with Gasteiger partial charge in [0.25, 0.3) is 0 Å². The van der Waals surface area contributed by atoms with Gasteiger partial charge in [0.1, 0.15) is 4.90 Å². The van der Waals surface area contributed by atoms with Crippen LogP contribution in [-0.2, 0) is 27.7 Å². The van der Waals surface area contributed by atoms with Gasteiger partial charge >= 0.3 is 6.18 Å². The second kappa shape index (κ2) is 6.24. The number of primary amides is 1. The largest absolute Gasteiger partial charge is 0.393 e. The van der Waals surface area contributed by atoms with Gasteiger partial charge in [-0.25, -0.2) is 18.2 Å². The van der Waals surface area contributed by atoms with Crippen molar-refractivity contribution >= 4 is 15.9 Å². The Hall–Kier alpha value is -2.40. The molecular formula is C13H13F3N4O3S. The van der Waals surface area contributed by atoms with Crippen molar-refractivity contribution in [2.45, 2.75) is 23.9 Å². The van der Waals surface area contributed by atoms with E-state index in [4.69, 9.17) is 10.9 Å². The van der Waals surface area contributed by atoms with E-state index in [9.17, 15) is 26.4 Å². The van der Waals surface area contributed by atoms with E-state index in [1.165, 1.54) is 12.1 Å². The van der Waals surface area contributed by atoms with Crippen LogP contribution in [0.4, 0.5) is 13.2 Å². The fourth-order valence-electron chi connectivity index (χ4n) is 2.10. The smallest absolute Gasteiger partial charge is 0.369 e. The molecule has 4 N–H and O–H groups in total. The lowest BCUT2D eigenvalue weighted by molar-refractivity contribution is -0.127. The number of nitrogens with zero attached hydrogens (tertiary/aromatic N) is 2. The highest BCUT2D eigenvalue weighted by molar-refractivity contribution is 7.89. The molecule has 0 saturated heterocycles. The van der Waals surface area contributed by atoms with Crippen molar-refractivity contribution < 1.29 is 26.4 Å². The highest BCUT2D eigenvalue weighted by atomic mass is 32.2. The molecule has 2 aromatic rings. The average molecular weight is 362 g/mol. The molecule has 0 radical (unpaired) electrons. The lowest BCUT2D eigenvalue weighted by Gasteiger charge is -2.10. The maximum atomic E-state index is 12.4. The van der Waals surface area contributed by atoms with E-state index in [-0.39, 0.29) is 22.6 Å². The molecule has 0 aliphatic rings. The van der Waals surface area contributed by atoms with Gasteiger partial charge in [-0.15, -0.1) is 0 Å². The van der Waals surface area contributed by atoms with Crippen LogP contribution in [0.5, 0.6) is 0 Å². The zero-order chi connectivity index (χ0) is 18.1. The quantitative estimate of drug-likeness (QED) is 0.811. The van der Waals surface area contributed by atoms with Gasteiger partial charge in [-0.1, -0.05) is 6.07 Å². The molecule has 130 valence electrons. The predicted octanol–water partition coefficient (Wildman–Crippen LogP) is 0.652. The van der Waals surface area contributed by atoms with Crippen molar-refractivity contribution in [3.8, 4) is 5.69 Å². The van der Waals surface area contributed by atoms with E-state index in [0.717, 1.165) is 23.1 Å². The third-order valence-corrected chi connectivity index (χ3v) is 3.94. The van der Waals surface area contributed by atoms with E-state index in [1.807, 2.05) is 0 Å². The molecule has 1 heterocycles. The maximum absolute atomic E-state index is 12.4. The Balaban J connectivity index is 2.48. The van der Waals surface area contributed by atoms with Crippen LogP contribution in [0, 0.1) is 0 Å². The predicted molar refractivity (Wildman–Crippen MR) is 77.6 cm³/mol. The first-order valence-corrected chi connectivity index (χ1v) is 8.05. The molecule has 0 aliphatic carbocycles. The molecule has 1 aromatic heterocycles. The molecule has 1 amide bonds. The van der Waals surface area contributed by atoms with Crippen molar-refractivity contribution in [3.63, 3.8) is 0 Å². The number of hydrogen-bond donors (Lipinski definition) is 2. The number of carbonyl (C=O) groups is 1. The Morgan fingerprint density at radius 3 is 2.46 bits per heavy atom. The molecule has 0 atom stereocenters. The Bertz CT molecular complexity index is 875. The number of rotatable bonds is 5. The van der Waals surface area contributed by atoms with Crippen LogP contribution in [0.25, 0.3) is 5.69 Å². The lowest BCUT2D eigenvalue weighted by atomic mass is 10.1. The van der Waals surface area contributed by atoms with E-state index >= 15 is 0 Å². The second-order valence-electron chi connectivity index (χ2n) is 5.08. The van der Waals surface area contributed by atoms with E-state index < -0.39 is 28.5 Å². The number of primary sulfonamides is 1. The SMILES string of the molecule is NC(=O)Cc1ccc(-n2cc(CC(F)(F)F)cn2)c(S(N)(=O)=O)c1. The van der Waals surface area contributed by atoms with Gasteiger partial charge in [0.2, 0.25) is 15.9 Å². The number of amides is 1. The van der Waals surface area contributed by atoms with Gasteiger partial charge < -0.3 is 5.73 Å². The van der Waals surface area contributed by atoms with Gasteiger partial charge in [0.15, 0.2) is 0 Å². The lowest BCUT2D eigenvalue weighted by Crippen LogP contribution is -2.18. The maximum Gasteiger partial charge on any atom is 0.393 e. The zero-order valence-corrected chi connectivity index (χ0v) is 12.9. The van der Waals surface area contributed by atoms with Crippen LogP contribution in [0.2, 0.25) is 0 Å². The van der Waals surface area contributed by atoms with Crippen molar-refractivity contribution in [1.29, 1.82) is 0 Å². The average Bonchev–Trinajstić information content (AvgIpc) is 2.83. The number of sulfonamides is 1.